The van der Waals surface area contributed by atoms with Gasteiger partial charge < -0.3 is 19.0 Å². The van der Waals surface area contributed by atoms with E-state index in [1.54, 1.807) is 4.90 Å². The third-order valence-corrected chi connectivity index (χ3v) is 2.46. The monoisotopic (exact) mass is 260 g/mol. The summed E-state index contributed by atoms with van der Waals surface area (Å²) < 4.78 is 20.1. The van der Waals surface area contributed by atoms with Crippen molar-refractivity contribution in [3.8, 4) is 0 Å². The molecule has 98 valence electrons. The van der Waals surface area contributed by atoms with Crippen molar-refractivity contribution in [3.63, 3.8) is 0 Å². The lowest BCUT2D eigenvalue weighted by atomic mass is 10.2. The number of hydrogen-bond acceptors (Lipinski definition) is 4. The van der Waals surface area contributed by atoms with E-state index in [1.807, 2.05) is 0 Å². The second-order valence-corrected chi connectivity index (χ2v) is 3.94. The summed E-state index contributed by atoms with van der Waals surface area (Å²) in [5, 5.41) is 8.52. The smallest absolute Gasteiger partial charge is 0.103 e. The van der Waals surface area contributed by atoms with Gasteiger partial charge in [0, 0.05) is 5.56 Å². The minimum atomic E-state index is -2.88. The van der Waals surface area contributed by atoms with E-state index in [2.05, 4.69) is 48.5 Å². The largest absolute Gasteiger partial charge is 0.750 e. The molecule has 0 aliphatic heterocycles. The van der Waals surface area contributed by atoms with Crippen LogP contribution in [0.15, 0.2) is 30.3 Å². The molecule has 0 spiro atoms. The maximum absolute atomic E-state index is 8.83. The predicted octanol–water partition coefficient (Wildman–Crippen LogP) is -0.816. The Balaban J connectivity index is 0.000000437. The molecule has 5 nitrogen and oxygen atoms in total. The molecule has 0 heterocycles. The van der Waals surface area contributed by atoms with E-state index >= 15 is 0 Å². The molecule has 1 rings (SSSR count). The second-order valence-electron chi connectivity index (χ2n) is 3.39. The summed E-state index contributed by atoms with van der Waals surface area (Å²) in [5.41, 5.74) is 1.44. The summed E-state index contributed by atoms with van der Waals surface area (Å²) in [6.45, 7) is 8.06. The van der Waals surface area contributed by atoms with Crippen LogP contribution in [0.25, 0.3) is 0 Å². The van der Waals surface area contributed by atoms with Gasteiger partial charge in [0.15, 0.2) is 0 Å². The van der Waals surface area contributed by atoms with Crippen LogP contribution in [0.2, 0.25) is 0 Å². The first-order valence-electron chi connectivity index (χ1n) is 5.41. The Morgan fingerprint density at radius 3 is 2.06 bits per heavy atom. The Morgan fingerprint density at radius 2 is 1.71 bits per heavy atom. The van der Waals surface area contributed by atoms with Crippen LogP contribution in [-0.4, -0.2) is 21.9 Å². The van der Waals surface area contributed by atoms with Crippen LogP contribution in [0.3, 0.4) is 0 Å². The normalized spacial score (nSPS) is 11.8. The lowest BCUT2D eigenvalue weighted by molar-refractivity contribution is -0.910. The molecular weight excluding hydrogens is 242 g/mol. The van der Waals surface area contributed by atoms with Gasteiger partial charge in [-0.15, -0.1) is 0 Å². The van der Waals surface area contributed by atoms with Crippen molar-refractivity contribution in [2.45, 2.75) is 20.4 Å². The van der Waals surface area contributed by atoms with Gasteiger partial charge in [-0.2, -0.15) is 0 Å². The van der Waals surface area contributed by atoms with E-state index in [1.165, 1.54) is 18.7 Å². The zero-order valence-electron chi connectivity index (χ0n) is 10.0. The molecule has 17 heavy (non-hydrogen) atoms. The van der Waals surface area contributed by atoms with Crippen molar-refractivity contribution in [3.05, 3.63) is 35.9 Å². The molecule has 0 saturated heterocycles. The summed E-state index contributed by atoms with van der Waals surface area (Å²) in [5.74, 6) is 0. The lowest BCUT2D eigenvalue weighted by Gasteiger charge is -2.14. The van der Waals surface area contributed by atoms with Crippen LogP contribution in [-0.2, 0) is 22.2 Å². The summed E-state index contributed by atoms with van der Waals surface area (Å²) in [6.07, 6.45) is 0. The Hall–Kier alpha value is -0.790. The molecule has 0 radical (unpaired) electrons. The van der Waals surface area contributed by atoms with Gasteiger partial charge in [0.05, 0.1) is 24.5 Å². The van der Waals surface area contributed by atoms with Crippen molar-refractivity contribution in [2.24, 2.45) is 0 Å². The molecule has 1 atom stereocenters. The highest BCUT2D eigenvalue weighted by molar-refractivity contribution is 7.73. The topological polar surface area (TPSA) is 76.9 Å². The predicted molar refractivity (Wildman–Crippen MR) is 62.2 cm³/mol. The summed E-state index contributed by atoms with van der Waals surface area (Å²) in [4.78, 5) is 1.64. The van der Waals surface area contributed by atoms with Crippen LogP contribution >= 0.6 is 0 Å². The highest BCUT2D eigenvalue weighted by atomic mass is 32.2. The maximum atomic E-state index is 8.83. The number of rotatable bonds is 5. The third-order valence-electron chi connectivity index (χ3n) is 2.35. The molecule has 0 amide bonds. The van der Waals surface area contributed by atoms with Gasteiger partial charge in [-0.25, -0.2) is 4.21 Å². The molecule has 0 aliphatic carbocycles. The number of quaternary nitrogens is 1. The Labute approximate surface area is 104 Å². The lowest BCUT2D eigenvalue weighted by Crippen LogP contribution is -3.10. The first-order chi connectivity index (χ1) is 8.13. The first-order valence-corrected chi connectivity index (χ1v) is 6.41. The SMILES string of the molecule is CC[NH+](CC)Cc1ccccc1.O=S([O-])O[O-]. The Morgan fingerprint density at radius 1 is 1.24 bits per heavy atom. The zero-order chi connectivity index (χ0) is 13.1. The Bertz CT molecular complexity index is 304. The van der Waals surface area contributed by atoms with Crippen LogP contribution in [0.5, 0.6) is 0 Å². The van der Waals surface area contributed by atoms with Crippen molar-refractivity contribution in [2.75, 3.05) is 13.1 Å². The zero-order valence-corrected chi connectivity index (χ0v) is 10.9. The molecule has 1 N–H and O–H groups in total. The summed E-state index contributed by atoms with van der Waals surface area (Å²) in [7, 11) is 0. The molecule has 1 aromatic carbocycles. The van der Waals surface area contributed by atoms with Crippen molar-refractivity contribution in [1.82, 2.24) is 0 Å². The fraction of sp³-hybridized carbons (Fsp3) is 0.455. The summed E-state index contributed by atoms with van der Waals surface area (Å²) in [6, 6.07) is 10.7. The van der Waals surface area contributed by atoms with E-state index < -0.39 is 11.4 Å². The number of nitrogens with one attached hydrogen (secondary N) is 1. The third kappa shape index (κ3) is 8.96. The van der Waals surface area contributed by atoms with Gasteiger partial charge in [0.1, 0.15) is 6.54 Å². The quantitative estimate of drug-likeness (QED) is 0.426. The molecule has 0 saturated carbocycles. The van der Waals surface area contributed by atoms with Crippen molar-refractivity contribution >= 4 is 11.4 Å². The van der Waals surface area contributed by atoms with E-state index in [0.29, 0.717) is 0 Å². The highest BCUT2D eigenvalue weighted by Crippen LogP contribution is 1.94. The molecule has 0 aliphatic rings. The fourth-order valence-corrected chi connectivity index (χ4v) is 1.38. The van der Waals surface area contributed by atoms with Crippen LogP contribution in [0.4, 0.5) is 0 Å². The van der Waals surface area contributed by atoms with Gasteiger partial charge >= 0.3 is 0 Å². The van der Waals surface area contributed by atoms with E-state index in [-0.39, 0.29) is 0 Å². The second kappa shape index (κ2) is 10.4. The van der Waals surface area contributed by atoms with Crippen molar-refractivity contribution in [1.29, 1.82) is 0 Å². The van der Waals surface area contributed by atoms with Crippen LogP contribution < -0.4 is 10.2 Å². The fourth-order valence-electron chi connectivity index (χ4n) is 1.38. The van der Waals surface area contributed by atoms with Crippen LogP contribution in [0, 0.1) is 0 Å². The van der Waals surface area contributed by atoms with Gasteiger partial charge in [-0.3, -0.25) is 0 Å². The van der Waals surface area contributed by atoms with Gasteiger partial charge in [0.2, 0.25) is 0 Å². The molecular formula is C11H18NO4S-. The van der Waals surface area contributed by atoms with Crippen LogP contribution in [0.1, 0.15) is 19.4 Å². The minimum absolute atomic E-state index is 1.16. The molecule has 0 bridgehead atoms. The van der Waals surface area contributed by atoms with E-state index in [4.69, 9.17) is 14.0 Å². The van der Waals surface area contributed by atoms with Crippen molar-refractivity contribution < 1.29 is 23.3 Å². The average Bonchev–Trinajstić information content (AvgIpc) is 2.37. The minimum Gasteiger partial charge on any atom is -0.750 e. The standard InChI is InChI=1S/C11H17N.H2O4S/c1-3-12(4-2)10-11-8-6-5-7-9-11;1-4-5(2)3/h5-9H,3-4,10H2,1-2H3;1H,(H,2,3)/p-1. The first kappa shape index (κ1) is 16.2. The average molecular weight is 260 g/mol. The summed E-state index contributed by atoms with van der Waals surface area (Å²) >= 11 is -2.88. The number of hydrogen-bond donors (Lipinski definition) is 1. The van der Waals surface area contributed by atoms with E-state index in [0.717, 1.165) is 6.54 Å². The molecule has 0 fully saturated rings. The highest BCUT2D eigenvalue weighted by Gasteiger charge is 2.02. The van der Waals surface area contributed by atoms with Gasteiger partial charge in [0.25, 0.3) is 0 Å². The van der Waals surface area contributed by atoms with E-state index in [9.17, 15) is 0 Å². The Kier molecular flexibility index (Phi) is 9.89. The molecule has 1 unspecified atom stereocenters. The molecule has 0 aromatic heterocycles. The maximum Gasteiger partial charge on any atom is 0.103 e. The number of benzene rings is 1. The molecule has 6 heteroatoms. The van der Waals surface area contributed by atoms with Gasteiger partial charge in [-0.05, 0) is 13.8 Å². The van der Waals surface area contributed by atoms with Gasteiger partial charge in [-0.1, -0.05) is 30.3 Å². The molecule has 1 aromatic rings.